The number of hydrogen-bond donors (Lipinski definition) is 0. The smallest absolute Gasteiger partial charge is 0.0741 e. The van der Waals surface area contributed by atoms with Crippen molar-refractivity contribution in [3.63, 3.8) is 0 Å². The van der Waals surface area contributed by atoms with E-state index in [0.29, 0.717) is 0 Å². The molecule has 9 aromatic rings. The molecule has 0 saturated carbocycles. The Labute approximate surface area is 298 Å². The zero-order valence-corrected chi connectivity index (χ0v) is 28.0. The van der Waals surface area contributed by atoms with Crippen molar-refractivity contribution in [3.05, 3.63) is 206 Å². The highest BCUT2D eigenvalue weighted by molar-refractivity contribution is 5.94. The van der Waals surface area contributed by atoms with Gasteiger partial charge >= 0.3 is 0 Å². The van der Waals surface area contributed by atoms with Gasteiger partial charge in [0.1, 0.15) is 0 Å². The Morgan fingerprint density at radius 2 is 0.647 bits per heavy atom. The van der Waals surface area contributed by atoms with Crippen molar-refractivity contribution >= 4 is 10.9 Å². The Morgan fingerprint density at radius 3 is 1.10 bits per heavy atom. The van der Waals surface area contributed by atoms with E-state index in [9.17, 15) is 0 Å². The maximum atomic E-state index is 4.68. The van der Waals surface area contributed by atoms with Crippen LogP contribution < -0.4 is 0 Å². The van der Waals surface area contributed by atoms with Crippen molar-refractivity contribution in [1.82, 2.24) is 9.78 Å². The summed E-state index contributed by atoms with van der Waals surface area (Å²) in [5, 5.41) is 5.81. The fourth-order valence-electron chi connectivity index (χ4n) is 7.25. The highest BCUT2D eigenvalue weighted by atomic mass is 15.3. The molecule has 0 bridgehead atoms. The Morgan fingerprint density at radius 1 is 0.294 bits per heavy atom. The fraction of sp³-hybridized carbons (Fsp3) is 0. The first kappa shape index (κ1) is 30.3. The molecule has 9 rings (SSSR count). The Bertz CT molecular complexity index is 2510. The predicted octanol–water partition coefficient (Wildman–Crippen LogP) is 13.0. The van der Waals surface area contributed by atoms with Crippen LogP contribution in [0.2, 0.25) is 0 Å². The highest BCUT2D eigenvalue weighted by Gasteiger charge is 2.16. The van der Waals surface area contributed by atoms with E-state index in [-0.39, 0.29) is 0 Å². The number of nitrogens with zero attached hydrogens (tertiary/aromatic N) is 2. The number of para-hydroxylation sites is 1. The Kier molecular flexibility index (Phi) is 7.88. The van der Waals surface area contributed by atoms with Gasteiger partial charge in [-0.2, -0.15) is 5.10 Å². The van der Waals surface area contributed by atoms with E-state index < -0.39 is 0 Å². The molecule has 0 aliphatic heterocycles. The lowest BCUT2D eigenvalue weighted by Crippen LogP contribution is -1.96. The molecule has 240 valence electrons. The summed E-state index contributed by atoms with van der Waals surface area (Å²) in [5.41, 5.74) is 16.5. The number of benzene rings is 8. The molecule has 1 heterocycles. The Balaban J connectivity index is 1.22. The van der Waals surface area contributed by atoms with Crippen molar-refractivity contribution < 1.29 is 0 Å². The van der Waals surface area contributed by atoms with Gasteiger partial charge in [-0.05, 0) is 103 Å². The molecule has 2 heteroatoms. The molecule has 0 spiro atoms. The maximum absolute atomic E-state index is 4.68. The number of fused-ring (bicyclic) bond motifs is 1. The first-order valence-corrected chi connectivity index (χ1v) is 17.4. The molecule has 2 nitrogen and oxygen atoms in total. The van der Waals surface area contributed by atoms with Gasteiger partial charge in [0, 0.05) is 5.39 Å². The summed E-state index contributed by atoms with van der Waals surface area (Å²) >= 11 is 0. The van der Waals surface area contributed by atoms with Gasteiger partial charge in [0.25, 0.3) is 0 Å². The van der Waals surface area contributed by atoms with Crippen LogP contribution in [-0.2, 0) is 0 Å². The van der Waals surface area contributed by atoms with Crippen LogP contribution in [0, 0.1) is 0 Å². The normalized spacial score (nSPS) is 11.1. The summed E-state index contributed by atoms with van der Waals surface area (Å²) in [7, 11) is 0. The van der Waals surface area contributed by atoms with Crippen LogP contribution >= 0.6 is 0 Å². The molecule has 0 aliphatic carbocycles. The molecule has 0 fully saturated rings. The second kappa shape index (κ2) is 13.3. The highest BCUT2D eigenvalue weighted by Crippen LogP contribution is 2.42. The van der Waals surface area contributed by atoms with Gasteiger partial charge in [-0.1, -0.05) is 164 Å². The minimum absolute atomic E-state index is 1.04. The number of aromatic nitrogens is 2. The van der Waals surface area contributed by atoms with E-state index in [1.165, 1.54) is 61.2 Å². The fourth-order valence-corrected chi connectivity index (χ4v) is 7.25. The lowest BCUT2D eigenvalue weighted by molar-refractivity contribution is 0.911. The molecule has 0 amide bonds. The van der Waals surface area contributed by atoms with Crippen LogP contribution in [0.4, 0.5) is 0 Å². The van der Waals surface area contributed by atoms with E-state index in [0.717, 1.165) is 22.2 Å². The second-order valence-corrected chi connectivity index (χ2v) is 12.8. The molecule has 0 atom stereocenters. The average Bonchev–Trinajstić information content (AvgIpc) is 3.66. The number of hydrogen-bond acceptors (Lipinski definition) is 1. The number of rotatable bonds is 7. The standard InChI is InChI=1S/C49H34N2/c1-3-15-35(16-4-1)43-20-8-11-23-46(43)39-31-40(47-24-12-9-21-44(47)36-17-5-2-6-18-36)33-41(32-39)48-25-13-10-22-45(48)37-27-29-42(30-28-37)51-49-26-14-7-19-38(49)34-50-51/h1-34H. The largest absolute Gasteiger partial charge is 0.233 e. The van der Waals surface area contributed by atoms with Gasteiger partial charge in [-0.3, -0.25) is 0 Å². The lowest BCUT2D eigenvalue weighted by Gasteiger charge is -2.18. The van der Waals surface area contributed by atoms with Crippen LogP contribution in [0.25, 0.3) is 83.4 Å². The molecule has 1 aromatic heterocycles. The third kappa shape index (κ3) is 5.83. The van der Waals surface area contributed by atoms with Gasteiger partial charge in [0.2, 0.25) is 0 Å². The SMILES string of the molecule is c1ccc(-c2ccccc2-c2cc(-c3ccccc3-c3ccccc3)cc(-c3ccccc3-c3ccc(-n4ncc5ccccc54)cc3)c2)cc1. The molecule has 0 radical (unpaired) electrons. The summed E-state index contributed by atoms with van der Waals surface area (Å²) in [5.74, 6) is 0. The van der Waals surface area contributed by atoms with Crippen molar-refractivity contribution in [1.29, 1.82) is 0 Å². The molecule has 51 heavy (non-hydrogen) atoms. The summed E-state index contributed by atoms with van der Waals surface area (Å²) in [6, 6.07) is 71.8. The first-order valence-electron chi connectivity index (χ1n) is 17.4. The minimum Gasteiger partial charge on any atom is -0.233 e. The predicted molar refractivity (Wildman–Crippen MR) is 214 cm³/mol. The van der Waals surface area contributed by atoms with Crippen LogP contribution in [0.3, 0.4) is 0 Å². The zero-order chi connectivity index (χ0) is 34.0. The quantitative estimate of drug-likeness (QED) is 0.168. The van der Waals surface area contributed by atoms with E-state index >= 15 is 0 Å². The summed E-state index contributed by atoms with van der Waals surface area (Å²) in [4.78, 5) is 0. The van der Waals surface area contributed by atoms with Crippen LogP contribution in [-0.4, -0.2) is 9.78 Å². The molecule has 0 aliphatic rings. The molecular formula is C49H34N2. The van der Waals surface area contributed by atoms with Gasteiger partial charge in [-0.25, -0.2) is 4.68 Å². The molecule has 0 saturated heterocycles. The second-order valence-electron chi connectivity index (χ2n) is 12.8. The van der Waals surface area contributed by atoms with Crippen LogP contribution in [0.1, 0.15) is 0 Å². The molecule has 8 aromatic carbocycles. The molecule has 0 N–H and O–H groups in total. The monoisotopic (exact) mass is 650 g/mol. The third-order valence-electron chi connectivity index (χ3n) is 9.72. The van der Waals surface area contributed by atoms with Crippen molar-refractivity contribution in [2.75, 3.05) is 0 Å². The maximum Gasteiger partial charge on any atom is 0.0741 e. The third-order valence-corrected chi connectivity index (χ3v) is 9.72. The summed E-state index contributed by atoms with van der Waals surface area (Å²) in [6.07, 6.45) is 1.93. The molecular weight excluding hydrogens is 617 g/mol. The topological polar surface area (TPSA) is 17.8 Å². The lowest BCUT2D eigenvalue weighted by atomic mass is 9.86. The van der Waals surface area contributed by atoms with E-state index in [2.05, 4.69) is 205 Å². The zero-order valence-electron chi connectivity index (χ0n) is 28.0. The molecule has 0 unspecified atom stereocenters. The first-order chi connectivity index (χ1) is 25.3. The average molecular weight is 651 g/mol. The van der Waals surface area contributed by atoms with Gasteiger partial charge in [0.15, 0.2) is 0 Å². The summed E-state index contributed by atoms with van der Waals surface area (Å²) < 4.78 is 2.01. The van der Waals surface area contributed by atoms with Gasteiger partial charge < -0.3 is 0 Å². The summed E-state index contributed by atoms with van der Waals surface area (Å²) in [6.45, 7) is 0. The van der Waals surface area contributed by atoms with Crippen molar-refractivity contribution in [3.8, 4) is 72.4 Å². The Hall–Kier alpha value is -6.77. The van der Waals surface area contributed by atoms with Gasteiger partial charge in [0.05, 0.1) is 17.4 Å². The van der Waals surface area contributed by atoms with E-state index in [1.807, 2.05) is 10.9 Å². The van der Waals surface area contributed by atoms with Gasteiger partial charge in [-0.15, -0.1) is 0 Å². The van der Waals surface area contributed by atoms with E-state index in [1.54, 1.807) is 0 Å². The van der Waals surface area contributed by atoms with Crippen molar-refractivity contribution in [2.24, 2.45) is 0 Å². The van der Waals surface area contributed by atoms with E-state index in [4.69, 9.17) is 0 Å². The van der Waals surface area contributed by atoms with Crippen LogP contribution in [0.5, 0.6) is 0 Å². The minimum atomic E-state index is 1.04. The van der Waals surface area contributed by atoms with Crippen molar-refractivity contribution in [2.45, 2.75) is 0 Å². The van der Waals surface area contributed by atoms with Crippen LogP contribution in [0.15, 0.2) is 206 Å².